The van der Waals surface area contributed by atoms with Crippen molar-refractivity contribution in [3.8, 4) is 0 Å². The summed E-state index contributed by atoms with van der Waals surface area (Å²) in [5, 5.41) is 3.82. The maximum Gasteiger partial charge on any atom is 0.338 e. The highest BCUT2D eigenvalue weighted by Gasteiger charge is 2.10. The van der Waals surface area contributed by atoms with Crippen LogP contribution in [0.15, 0.2) is 30.5 Å². The summed E-state index contributed by atoms with van der Waals surface area (Å²) in [4.78, 5) is 15.8. The lowest BCUT2D eigenvalue weighted by Gasteiger charge is -2.06. The summed E-state index contributed by atoms with van der Waals surface area (Å²) in [5.41, 5.74) is 2.25. The Kier molecular flexibility index (Phi) is 2.72. The number of pyridine rings is 1. The molecule has 2 aromatic rings. The molecule has 0 atom stereocenters. The van der Waals surface area contributed by atoms with Crippen LogP contribution in [-0.2, 0) is 4.74 Å². The number of rotatable bonds is 2. The highest BCUT2D eigenvalue weighted by atomic mass is 16.5. The minimum Gasteiger partial charge on any atom is -0.465 e. The number of benzene rings is 1. The van der Waals surface area contributed by atoms with Crippen LogP contribution in [0.2, 0.25) is 0 Å². The molecule has 4 heteroatoms. The molecule has 1 heterocycles. The van der Waals surface area contributed by atoms with Crippen molar-refractivity contribution in [1.82, 2.24) is 4.98 Å². The molecule has 16 heavy (non-hydrogen) atoms. The first-order chi connectivity index (χ1) is 7.76. The standard InChI is InChI=1S/C12H12N2O2/c1-13-8-3-4-11-10(7-8)9(5-6-14-11)12(15)16-2/h3-7,13H,1-2H3. The minimum absolute atomic E-state index is 0.347. The molecule has 0 fully saturated rings. The largest absolute Gasteiger partial charge is 0.465 e. The number of esters is 1. The van der Waals surface area contributed by atoms with Gasteiger partial charge in [0.2, 0.25) is 0 Å². The van der Waals surface area contributed by atoms with Crippen molar-refractivity contribution in [3.05, 3.63) is 36.0 Å². The molecule has 0 bridgehead atoms. The van der Waals surface area contributed by atoms with Gasteiger partial charge in [-0.3, -0.25) is 4.98 Å². The number of anilines is 1. The van der Waals surface area contributed by atoms with E-state index in [1.807, 2.05) is 25.2 Å². The van der Waals surface area contributed by atoms with Crippen LogP contribution in [0.5, 0.6) is 0 Å². The summed E-state index contributed by atoms with van der Waals surface area (Å²) in [6, 6.07) is 7.33. The molecule has 0 spiro atoms. The Balaban J connectivity index is 2.68. The van der Waals surface area contributed by atoms with Gasteiger partial charge in [0.1, 0.15) is 0 Å². The van der Waals surface area contributed by atoms with Crippen LogP contribution in [-0.4, -0.2) is 25.1 Å². The van der Waals surface area contributed by atoms with E-state index in [9.17, 15) is 4.79 Å². The number of hydrogen-bond donors (Lipinski definition) is 1. The van der Waals surface area contributed by atoms with Gasteiger partial charge in [-0.25, -0.2) is 4.79 Å². The zero-order valence-corrected chi connectivity index (χ0v) is 9.15. The van der Waals surface area contributed by atoms with Crippen molar-refractivity contribution in [2.24, 2.45) is 0 Å². The number of nitrogens with one attached hydrogen (secondary N) is 1. The molecule has 0 amide bonds. The fraction of sp³-hybridized carbons (Fsp3) is 0.167. The molecule has 0 aliphatic rings. The van der Waals surface area contributed by atoms with Gasteiger partial charge in [-0.05, 0) is 24.3 Å². The summed E-state index contributed by atoms with van der Waals surface area (Å²) in [5.74, 6) is -0.347. The molecule has 2 rings (SSSR count). The van der Waals surface area contributed by atoms with Crippen molar-refractivity contribution in [3.63, 3.8) is 0 Å². The van der Waals surface area contributed by atoms with Crippen LogP contribution in [0.25, 0.3) is 10.9 Å². The smallest absolute Gasteiger partial charge is 0.338 e. The van der Waals surface area contributed by atoms with Crippen molar-refractivity contribution in [2.45, 2.75) is 0 Å². The van der Waals surface area contributed by atoms with Gasteiger partial charge >= 0.3 is 5.97 Å². The number of carbonyl (C=O) groups is 1. The minimum atomic E-state index is -0.347. The number of hydrogen-bond acceptors (Lipinski definition) is 4. The topological polar surface area (TPSA) is 51.2 Å². The second-order valence-electron chi connectivity index (χ2n) is 3.33. The predicted octanol–water partition coefficient (Wildman–Crippen LogP) is 2.06. The Morgan fingerprint density at radius 3 is 2.88 bits per heavy atom. The third-order valence-corrected chi connectivity index (χ3v) is 2.44. The summed E-state index contributed by atoms with van der Waals surface area (Å²) in [6.45, 7) is 0. The first kappa shape index (κ1) is 10.4. The molecule has 0 aliphatic heterocycles. The second kappa shape index (κ2) is 4.18. The number of aromatic nitrogens is 1. The maximum atomic E-state index is 11.6. The monoisotopic (exact) mass is 216 g/mol. The lowest BCUT2D eigenvalue weighted by Crippen LogP contribution is -2.02. The summed E-state index contributed by atoms with van der Waals surface area (Å²) in [7, 11) is 3.20. The molecular formula is C12H12N2O2. The number of methoxy groups -OCH3 is 1. The van der Waals surface area contributed by atoms with Gasteiger partial charge in [-0.15, -0.1) is 0 Å². The van der Waals surface area contributed by atoms with Crippen LogP contribution >= 0.6 is 0 Å². The van der Waals surface area contributed by atoms with Crippen LogP contribution in [0.4, 0.5) is 5.69 Å². The van der Waals surface area contributed by atoms with Crippen molar-refractivity contribution < 1.29 is 9.53 Å². The molecule has 1 aromatic heterocycles. The van der Waals surface area contributed by atoms with E-state index in [0.29, 0.717) is 5.56 Å². The molecule has 0 saturated heterocycles. The quantitative estimate of drug-likeness (QED) is 0.781. The normalized spacial score (nSPS) is 10.1. The predicted molar refractivity (Wildman–Crippen MR) is 62.6 cm³/mol. The molecule has 0 saturated carbocycles. The molecule has 4 nitrogen and oxygen atoms in total. The summed E-state index contributed by atoms with van der Waals surface area (Å²) in [6.07, 6.45) is 1.60. The van der Waals surface area contributed by atoms with E-state index in [4.69, 9.17) is 4.74 Å². The van der Waals surface area contributed by atoms with Gasteiger partial charge in [-0.1, -0.05) is 0 Å². The van der Waals surface area contributed by atoms with E-state index in [2.05, 4.69) is 10.3 Å². The average molecular weight is 216 g/mol. The highest BCUT2D eigenvalue weighted by Crippen LogP contribution is 2.21. The Morgan fingerprint density at radius 2 is 2.19 bits per heavy atom. The van der Waals surface area contributed by atoms with Crippen molar-refractivity contribution >= 4 is 22.6 Å². The highest BCUT2D eigenvalue weighted by molar-refractivity contribution is 6.04. The van der Waals surface area contributed by atoms with Gasteiger partial charge in [0.05, 0.1) is 18.2 Å². The molecule has 82 valence electrons. The van der Waals surface area contributed by atoms with E-state index in [1.165, 1.54) is 7.11 Å². The third-order valence-electron chi connectivity index (χ3n) is 2.44. The SMILES string of the molecule is CNc1ccc2nccc(C(=O)OC)c2c1. The number of carbonyl (C=O) groups excluding carboxylic acids is 1. The number of fused-ring (bicyclic) bond motifs is 1. The molecular weight excluding hydrogens is 204 g/mol. The van der Waals surface area contributed by atoms with Gasteiger partial charge in [0.15, 0.2) is 0 Å². The zero-order valence-electron chi connectivity index (χ0n) is 9.15. The van der Waals surface area contributed by atoms with E-state index >= 15 is 0 Å². The second-order valence-corrected chi connectivity index (χ2v) is 3.33. The first-order valence-corrected chi connectivity index (χ1v) is 4.91. The average Bonchev–Trinajstić information content (AvgIpc) is 2.36. The number of ether oxygens (including phenoxy) is 1. The van der Waals surface area contributed by atoms with Gasteiger partial charge in [0, 0.05) is 24.3 Å². The molecule has 0 unspecified atom stereocenters. The Hall–Kier alpha value is -2.10. The van der Waals surface area contributed by atoms with E-state index < -0.39 is 0 Å². The van der Waals surface area contributed by atoms with Gasteiger partial charge in [0.25, 0.3) is 0 Å². The van der Waals surface area contributed by atoms with Crippen LogP contribution in [0, 0.1) is 0 Å². The Bertz CT molecular complexity index is 538. The Labute approximate surface area is 93.3 Å². The Morgan fingerprint density at radius 1 is 1.38 bits per heavy atom. The fourth-order valence-corrected chi connectivity index (χ4v) is 1.59. The maximum absolute atomic E-state index is 11.6. The molecule has 0 radical (unpaired) electrons. The van der Waals surface area contributed by atoms with E-state index in [-0.39, 0.29) is 5.97 Å². The fourth-order valence-electron chi connectivity index (χ4n) is 1.59. The van der Waals surface area contributed by atoms with Gasteiger partial charge in [-0.2, -0.15) is 0 Å². The van der Waals surface area contributed by atoms with E-state index in [0.717, 1.165) is 16.6 Å². The zero-order chi connectivity index (χ0) is 11.5. The summed E-state index contributed by atoms with van der Waals surface area (Å²) < 4.78 is 4.73. The lowest BCUT2D eigenvalue weighted by atomic mass is 10.1. The van der Waals surface area contributed by atoms with E-state index in [1.54, 1.807) is 12.3 Å². The molecule has 0 aliphatic carbocycles. The lowest BCUT2D eigenvalue weighted by molar-refractivity contribution is 0.0603. The number of nitrogens with zero attached hydrogens (tertiary/aromatic N) is 1. The molecule has 1 N–H and O–H groups in total. The van der Waals surface area contributed by atoms with Crippen molar-refractivity contribution in [1.29, 1.82) is 0 Å². The van der Waals surface area contributed by atoms with Crippen LogP contribution in [0.1, 0.15) is 10.4 Å². The van der Waals surface area contributed by atoms with Crippen molar-refractivity contribution in [2.75, 3.05) is 19.5 Å². The molecule has 1 aromatic carbocycles. The van der Waals surface area contributed by atoms with Gasteiger partial charge < -0.3 is 10.1 Å². The summed E-state index contributed by atoms with van der Waals surface area (Å²) >= 11 is 0. The third kappa shape index (κ3) is 1.69. The first-order valence-electron chi connectivity index (χ1n) is 4.91. The van der Waals surface area contributed by atoms with Crippen LogP contribution in [0.3, 0.4) is 0 Å². The van der Waals surface area contributed by atoms with Crippen LogP contribution < -0.4 is 5.32 Å².